The predicted octanol–water partition coefficient (Wildman–Crippen LogP) is 3.74. The molecule has 29 heavy (non-hydrogen) atoms. The molecule has 1 N–H and O–H groups in total. The minimum absolute atomic E-state index is 0.149. The maximum atomic E-state index is 12.8. The minimum Gasteiger partial charge on any atom is -0.484 e. The molecule has 3 rings (SSSR count). The van der Waals surface area contributed by atoms with Crippen LogP contribution in [0.5, 0.6) is 5.75 Å². The van der Waals surface area contributed by atoms with Crippen molar-refractivity contribution in [2.45, 2.75) is 38.5 Å². The lowest BCUT2D eigenvalue weighted by Crippen LogP contribution is -2.37. The van der Waals surface area contributed by atoms with Gasteiger partial charge in [0.05, 0.1) is 4.90 Å². The summed E-state index contributed by atoms with van der Waals surface area (Å²) in [6, 6.07) is 12.0. The fourth-order valence-corrected chi connectivity index (χ4v) is 4.77. The monoisotopic (exact) mass is 416 g/mol. The number of sulfonamides is 1. The van der Waals surface area contributed by atoms with Gasteiger partial charge in [0.1, 0.15) is 5.75 Å². The van der Waals surface area contributed by atoms with Crippen LogP contribution in [0.1, 0.15) is 30.9 Å². The molecular weight excluding hydrogens is 388 g/mol. The molecule has 7 heteroatoms. The van der Waals surface area contributed by atoms with Gasteiger partial charge in [-0.05, 0) is 74.1 Å². The van der Waals surface area contributed by atoms with Gasteiger partial charge in [0.25, 0.3) is 5.91 Å². The predicted molar refractivity (Wildman–Crippen MR) is 114 cm³/mol. The Morgan fingerprint density at radius 2 is 1.76 bits per heavy atom. The summed E-state index contributed by atoms with van der Waals surface area (Å²) in [5.74, 6) is 0.747. The summed E-state index contributed by atoms with van der Waals surface area (Å²) in [7, 11) is -3.48. The van der Waals surface area contributed by atoms with Gasteiger partial charge >= 0.3 is 0 Å². The zero-order valence-corrected chi connectivity index (χ0v) is 18.0. The number of aryl methyl sites for hydroxylation is 1. The van der Waals surface area contributed by atoms with Gasteiger partial charge in [-0.1, -0.05) is 19.1 Å². The number of ether oxygens (including phenoxy) is 1. The van der Waals surface area contributed by atoms with E-state index in [0.717, 1.165) is 29.7 Å². The number of carbonyl (C=O) groups is 1. The third kappa shape index (κ3) is 5.16. The largest absolute Gasteiger partial charge is 0.484 e. The normalized spacial score (nSPS) is 15.8. The van der Waals surface area contributed by atoms with Crippen LogP contribution in [0, 0.1) is 19.8 Å². The first-order valence-corrected chi connectivity index (χ1v) is 11.3. The molecule has 0 aromatic heterocycles. The van der Waals surface area contributed by atoms with Gasteiger partial charge in [-0.2, -0.15) is 4.31 Å². The van der Waals surface area contributed by atoms with E-state index in [1.807, 2.05) is 32.0 Å². The highest BCUT2D eigenvalue weighted by molar-refractivity contribution is 7.89. The molecule has 1 fully saturated rings. The van der Waals surface area contributed by atoms with Crippen molar-refractivity contribution in [1.29, 1.82) is 0 Å². The summed E-state index contributed by atoms with van der Waals surface area (Å²) < 4.78 is 32.6. The van der Waals surface area contributed by atoms with Crippen LogP contribution in [0.3, 0.4) is 0 Å². The third-order valence-corrected chi connectivity index (χ3v) is 7.37. The van der Waals surface area contributed by atoms with E-state index in [2.05, 4.69) is 12.2 Å². The molecule has 0 aliphatic carbocycles. The van der Waals surface area contributed by atoms with Crippen molar-refractivity contribution >= 4 is 21.6 Å². The number of hydrogen-bond acceptors (Lipinski definition) is 4. The molecule has 2 aromatic rings. The number of amides is 1. The van der Waals surface area contributed by atoms with Gasteiger partial charge in [-0.25, -0.2) is 8.42 Å². The Balaban J connectivity index is 1.58. The number of nitrogens with one attached hydrogen (secondary N) is 1. The Morgan fingerprint density at radius 1 is 1.10 bits per heavy atom. The van der Waals surface area contributed by atoms with Crippen LogP contribution in [0.25, 0.3) is 0 Å². The Kier molecular flexibility index (Phi) is 6.59. The average Bonchev–Trinajstić information content (AvgIpc) is 2.70. The fraction of sp³-hybridized carbons (Fsp3) is 0.409. The van der Waals surface area contributed by atoms with E-state index >= 15 is 0 Å². The van der Waals surface area contributed by atoms with Gasteiger partial charge in [-0.3, -0.25) is 4.79 Å². The summed E-state index contributed by atoms with van der Waals surface area (Å²) >= 11 is 0. The van der Waals surface area contributed by atoms with Crippen LogP contribution in [0.4, 0.5) is 5.69 Å². The minimum atomic E-state index is -3.48. The highest BCUT2D eigenvalue weighted by Gasteiger charge is 2.27. The van der Waals surface area contributed by atoms with Crippen molar-refractivity contribution < 1.29 is 17.9 Å². The standard InChI is InChI=1S/C22H28N2O4S/c1-16-11-13-24(14-12-16)29(26,27)20-9-7-19(8-10-20)28-15-22(25)23-21-6-4-5-17(2)18(21)3/h4-10,16H,11-15H2,1-3H3,(H,23,25). The molecule has 1 aliphatic rings. The molecule has 0 radical (unpaired) electrons. The summed E-state index contributed by atoms with van der Waals surface area (Å²) in [6.45, 7) is 7.05. The van der Waals surface area contributed by atoms with Crippen LogP contribution in [-0.4, -0.2) is 38.3 Å². The highest BCUT2D eigenvalue weighted by atomic mass is 32.2. The number of carbonyl (C=O) groups excluding carboxylic acids is 1. The van der Waals surface area contributed by atoms with Crippen molar-refractivity contribution in [3.63, 3.8) is 0 Å². The van der Waals surface area contributed by atoms with Crippen molar-refractivity contribution in [3.8, 4) is 5.75 Å². The maximum absolute atomic E-state index is 12.8. The zero-order valence-electron chi connectivity index (χ0n) is 17.1. The summed E-state index contributed by atoms with van der Waals surface area (Å²) in [4.78, 5) is 12.4. The van der Waals surface area contributed by atoms with E-state index < -0.39 is 10.0 Å². The van der Waals surface area contributed by atoms with Crippen molar-refractivity contribution in [1.82, 2.24) is 4.31 Å². The summed E-state index contributed by atoms with van der Waals surface area (Å²) in [5, 5.41) is 2.84. The lowest BCUT2D eigenvalue weighted by atomic mass is 10.0. The zero-order chi connectivity index (χ0) is 21.0. The number of rotatable bonds is 6. The third-order valence-electron chi connectivity index (χ3n) is 5.45. The second-order valence-corrected chi connectivity index (χ2v) is 9.58. The second-order valence-electron chi connectivity index (χ2n) is 7.64. The molecule has 0 unspecified atom stereocenters. The molecule has 6 nitrogen and oxygen atoms in total. The lowest BCUT2D eigenvalue weighted by Gasteiger charge is -2.29. The van der Waals surface area contributed by atoms with Crippen LogP contribution in [-0.2, 0) is 14.8 Å². The van der Waals surface area contributed by atoms with E-state index in [4.69, 9.17) is 4.74 Å². The smallest absolute Gasteiger partial charge is 0.262 e. The van der Waals surface area contributed by atoms with E-state index in [9.17, 15) is 13.2 Å². The van der Waals surface area contributed by atoms with Crippen molar-refractivity contribution in [2.75, 3.05) is 25.0 Å². The Bertz CT molecular complexity index is 963. The molecule has 0 saturated carbocycles. The second kappa shape index (κ2) is 8.97. The average molecular weight is 417 g/mol. The van der Waals surface area contributed by atoms with Crippen LogP contribution < -0.4 is 10.1 Å². The SMILES string of the molecule is Cc1cccc(NC(=O)COc2ccc(S(=O)(=O)N3CCC(C)CC3)cc2)c1C. The molecule has 2 aromatic carbocycles. The van der Waals surface area contributed by atoms with Gasteiger partial charge in [0.15, 0.2) is 6.61 Å². The summed E-state index contributed by atoms with van der Waals surface area (Å²) in [5.41, 5.74) is 2.88. The molecule has 1 heterocycles. The van der Waals surface area contributed by atoms with Crippen LogP contribution in [0.15, 0.2) is 47.4 Å². The van der Waals surface area contributed by atoms with Crippen molar-refractivity contribution in [3.05, 3.63) is 53.6 Å². The first-order valence-electron chi connectivity index (χ1n) is 9.86. The molecule has 1 saturated heterocycles. The van der Waals surface area contributed by atoms with E-state index in [-0.39, 0.29) is 17.4 Å². The van der Waals surface area contributed by atoms with Gasteiger partial charge in [0.2, 0.25) is 10.0 Å². The Labute approximate surface area is 172 Å². The molecule has 156 valence electrons. The van der Waals surface area contributed by atoms with E-state index in [1.165, 1.54) is 12.1 Å². The quantitative estimate of drug-likeness (QED) is 0.778. The maximum Gasteiger partial charge on any atom is 0.262 e. The number of benzene rings is 2. The van der Waals surface area contributed by atoms with Gasteiger partial charge in [0, 0.05) is 18.8 Å². The van der Waals surface area contributed by atoms with Crippen molar-refractivity contribution in [2.24, 2.45) is 5.92 Å². The molecule has 1 aliphatic heterocycles. The fourth-order valence-electron chi connectivity index (χ4n) is 3.30. The number of nitrogens with zero attached hydrogens (tertiary/aromatic N) is 1. The Morgan fingerprint density at radius 3 is 2.41 bits per heavy atom. The molecule has 0 spiro atoms. The lowest BCUT2D eigenvalue weighted by molar-refractivity contribution is -0.118. The number of anilines is 1. The Hall–Kier alpha value is -2.38. The van der Waals surface area contributed by atoms with Gasteiger partial charge in [-0.15, -0.1) is 0 Å². The molecule has 1 amide bonds. The first kappa shape index (κ1) is 21.3. The summed E-state index contributed by atoms with van der Waals surface area (Å²) in [6.07, 6.45) is 1.77. The van der Waals surface area contributed by atoms with Crippen LogP contribution in [0.2, 0.25) is 0 Å². The molecule has 0 atom stereocenters. The first-order chi connectivity index (χ1) is 13.8. The topological polar surface area (TPSA) is 75.7 Å². The highest BCUT2D eigenvalue weighted by Crippen LogP contribution is 2.25. The van der Waals surface area contributed by atoms with E-state index in [0.29, 0.717) is 24.8 Å². The number of piperidine rings is 1. The van der Waals surface area contributed by atoms with Crippen LogP contribution >= 0.6 is 0 Å². The van der Waals surface area contributed by atoms with E-state index in [1.54, 1.807) is 16.4 Å². The molecular formula is C22H28N2O4S. The number of hydrogen-bond donors (Lipinski definition) is 1. The van der Waals surface area contributed by atoms with Gasteiger partial charge < -0.3 is 10.1 Å². The molecule has 0 bridgehead atoms.